The Morgan fingerprint density at radius 3 is 2.50 bits per heavy atom. The van der Waals surface area contributed by atoms with E-state index in [-0.39, 0.29) is 17.4 Å². The molecule has 28 heavy (non-hydrogen) atoms. The summed E-state index contributed by atoms with van der Waals surface area (Å²) < 4.78 is 73.6. The van der Waals surface area contributed by atoms with Gasteiger partial charge in [0.1, 0.15) is 0 Å². The Hall–Kier alpha value is -1.79. The fraction of sp³-hybridized carbons (Fsp3) is 0.632. The minimum Gasteiger partial charge on any atom is -0.748 e. The molecule has 0 heterocycles. The fourth-order valence-corrected chi connectivity index (χ4v) is 4.99. The second-order valence-corrected chi connectivity index (χ2v) is 9.44. The van der Waals surface area contributed by atoms with Crippen LogP contribution in [0.2, 0.25) is 0 Å². The Morgan fingerprint density at radius 2 is 2.00 bits per heavy atom. The normalized spacial score (nSPS) is 22.5. The van der Waals surface area contributed by atoms with Crippen LogP contribution in [0.4, 0.5) is 18.9 Å². The van der Waals surface area contributed by atoms with Gasteiger partial charge in [0.05, 0.1) is 27.3 Å². The van der Waals surface area contributed by atoms with Crippen molar-refractivity contribution >= 4 is 15.8 Å². The van der Waals surface area contributed by atoms with E-state index in [1.54, 1.807) is 6.07 Å². The van der Waals surface area contributed by atoms with Gasteiger partial charge in [-0.3, -0.25) is 0 Å². The van der Waals surface area contributed by atoms with Crippen molar-refractivity contribution in [2.24, 2.45) is 11.3 Å². The van der Waals surface area contributed by atoms with Gasteiger partial charge in [-0.25, -0.2) is 8.42 Å². The molecule has 2 atom stereocenters. The van der Waals surface area contributed by atoms with E-state index in [0.29, 0.717) is 31.5 Å². The zero-order valence-electron chi connectivity index (χ0n) is 16.1. The molecule has 1 saturated carbocycles. The highest BCUT2D eigenvalue weighted by atomic mass is 32.2. The Labute approximate surface area is 163 Å². The van der Waals surface area contributed by atoms with Gasteiger partial charge >= 0.3 is 6.18 Å². The third-order valence-electron chi connectivity index (χ3n) is 5.57. The average Bonchev–Trinajstić information content (AvgIpc) is 2.56. The molecule has 1 aliphatic carbocycles. The molecule has 0 bridgehead atoms. The Kier molecular flexibility index (Phi) is 6.36. The lowest BCUT2D eigenvalue weighted by atomic mass is 9.69. The first-order valence-electron chi connectivity index (χ1n) is 9.10. The van der Waals surface area contributed by atoms with Crippen molar-refractivity contribution in [2.75, 3.05) is 17.2 Å². The highest BCUT2D eigenvalue weighted by Crippen LogP contribution is 2.44. The number of nitriles is 1. The van der Waals surface area contributed by atoms with Gasteiger partial charge in [0, 0.05) is 24.0 Å². The van der Waals surface area contributed by atoms with Crippen molar-refractivity contribution in [1.82, 2.24) is 0 Å². The lowest BCUT2D eigenvalue weighted by molar-refractivity contribution is -0.137. The third kappa shape index (κ3) is 5.17. The van der Waals surface area contributed by atoms with Crippen LogP contribution in [0.5, 0.6) is 0 Å². The van der Waals surface area contributed by atoms with Crippen molar-refractivity contribution in [2.45, 2.75) is 52.3 Å². The van der Waals surface area contributed by atoms with Crippen LogP contribution < -0.4 is 4.90 Å². The molecule has 5 nitrogen and oxygen atoms in total. The molecular weight excluding hydrogens is 393 g/mol. The minimum atomic E-state index is -4.65. The number of benzene rings is 1. The van der Waals surface area contributed by atoms with Crippen LogP contribution in [0, 0.1) is 22.7 Å². The summed E-state index contributed by atoms with van der Waals surface area (Å²) in [4.78, 5) is 1.82. The summed E-state index contributed by atoms with van der Waals surface area (Å²) >= 11 is 0. The van der Waals surface area contributed by atoms with Crippen molar-refractivity contribution in [3.63, 3.8) is 0 Å². The fourth-order valence-electron chi connectivity index (χ4n) is 4.11. The molecule has 0 radical (unpaired) electrons. The summed E-state index contributed by atoms with van der Waals surface area (Å²) in [5, 5.41) is 8.99. The molecular formula is C19H24F3N2O3S-. The molecule has 0 spiro atoms. The second-order valence-electron chi connectivity index (χ2n) is 7.99. The molecule has 1 aromatic rings. The van der Waals surface area contributed by atoms with Crippen LogP contribution in [-0.4, -0.2) is 31.3 Å². The Balaban J connectivity index is 2.43. The quantitative estimate of drug-likeness (QED) is 0.672. The summed E-state index contributed by atoms with van der Waals surface area (Å²) in [5.41, 5.74) is -1.37. The molecule has 0 amide bonds. The van der Waals surface area contributed by atoms with Crippen molar-refractivity contribution in [3.05, 3.63) is 29.3 Å². The molecule has 1 aliphatic rings. The summed E-state index contributed by atoms with van der Waals surface area (Å²) in [7, 11) is -4.37. The van der Waals surface area contributed by atoms with E-state index < -0.39 is 33.2 Å². The molecule has 0 N–H and O–H groups in total. The van der Waals surface area contributed by atoms with Gasteiger partial charge in [-0.05, 0) is 55.7 Å². The lowest BCUT2D eigenvalue weighted by Crippen LogP contribution is -2.50. The van der Waals surface area contributed by atoms with E-state index in [2.05, 4.69) is 0 Å². The van der Waals surface area contributed by atoms with E-state index in [1.807, 2.05) is 25.7 Å². The first-order valence-corrected chi connectivity index (χ1v) is 10.7. The van der Waals surface area contributed by atoms with E-state index in [0.717, 1.165) is 12.1 Å². The Morgan fingerprint density at radius 1 is 1.36 bits per heavy atom. The predicted octanol–water partition coefficient (Wildman–Crippen LogP) is 4.14. The van der Waals surface area contributed by atoms with Crippen LogP contribution in [0.25, 0.3) is 0 Å². The van der Waals surface area contributed by atoms with Gasteiger partial charge in [0.2, 0.25) is 0 Å². The monoisotopic (exact) mass is 417 g/mol. The number of anilines is 1. The third-order valence-corrected chi connectivity index (χ3v) is 6.45. The minimum absolute atomic E-state index is 0.230. The molecule has 0 aliphatic heterocycles. The maximum atomic E-state index is 13.4. The molecule has 1 aromatic carbocycles. The van der Waals surface area contributed by atoms with Crippen molar-refractivity contribution < 1.29 is 26.1 Å². The van der Waals surface area contributed by atoms with E-state index in [9.17, 15) is 26.1 Å². The molecule has 0 saturated heterocycles. The van der Waals surface area contributed by atoms with Crippen LogP contribution >= 0.6 is 0 Å². The van der Waals surface area contributed by atoms with Crippen LogP contribution in [-0.2, 0) is 16.3 Å². The number of halogens is 3. The first-order chi connectivity index (χ1) is 12.8. The van der Waals surface area contributed by atoms with Gasteiger partial charge < -0.3 is 9.45 Å². The smallest absolute Gasteiger partial charge is 0.417 e. The largest absolute Gasteiger partial charge is 0.748 e. The number of rotatable bonds is 5. The summed E-state index contributed by atoms with van der Waals surface area (Å²) in [6.07, 6.45) is -2.99. The van der Waals surface area contributed by atoms with E-state index in [4.69, 9.17) is 5.26 Å². The molecule has 156 valence electrons. The summed E-state index contributed by atoms with van der Waals surface area (Å²) in [6.45, 7) is 6.22. The molecule has 0 aromatic heterocycles. The zero-order chi connectivity index (χ0) is 21.3. The van der Waals surface area contributed by atoms with Crippen LogP contribution in [0.15, 0.2) is 18.2 Å². The molecule has 9 heteroatoms. The van der Waals surface area contributed by atoms with E-state index in [1.165, 1.54) is 6.07 Å². The number of nitrogens with zero attached hydrogens (tertiary/aromatic N) is 2. The van der Waals surface area contributed by atoms with Crippen molar-refractivity contribution in [3.8, 4) is 6.07 Å². The van der Waals surface area contributed by atoms with Gasteiger partial charge in [-0.2, -0.15) is 18.4 Å². The molecule has 1 fully saturated rings. The van der Waals surface area contributed by atoms with Crippen LogP contribution in [0.1, 0.15) is 51.2 Å². The number of alkyl halides is 3. The number of hydrogen-bond donors (Lipinski definition) is 0. The van der Waals surface area contributed by atoms with Crippen LogP contribution in [0.3, 0.4) is 0 Å². The maximum absolute atomic E-state index is 13.4. The zero-order valence-corrected chi connectivity index (χ0v) is 16.9. The van der Waals surface area contributed by atoms with Gasteiger partial charge in [-0.1, -0.05) is 13.8 Å². The van der Waals surface area contributed by atoms with Gasteiger partial charge in [0.25, 0.3) is 0 Å². The maximum Gasteiger partial charge on any atom is 0.417 e. The van der Waals surface area contributed by atoms with Gasteiger partial charge in [0.15, 0.2) is 0 Å². The Bertz CT molecular complexity index is 860. The van der Waals surface area contributed by atoms with Crippen molar-refractivity contribution in [1.29, 1.82) is 5.26 Å². The molecule has 2 rings (SSSR count). The van der Waals surface area contributed by atoms with Gasteiger partial charge in [-0.15, -0.1) is 0 Å². The average molecular weight is 417 g/mol. The predicted molar refractivity (Wildman–Crippen MR) is 98.7 cm³/mol. The highest BCUT2D eigenvalue weighted by Gasteiger charge is 2.41. The topological polar surface area (TPSA) is 84.2 Å². The lowest BCUT2D eigenvalue weighted by Gasteiger charge is -2.48. The first kappa shape index (κ1) is 22.5. The standard InChI is InChI=1S/C19H25F3N2O3S/c1-4-24(15-6-5-14(11-23)16(10-15)19(20,21)22)17-9-13(12-28(25,26)27)7-8-18(17,2)3/h5-6,10,13,17H,4,7-9,12H2,1-3H3,(H,25,26,27)/p-1. The molecule has 2 unspecified atom stereocenters. The van der Waals surface area contributed by atoms with E-state index >= 15 is 0 Å². The SMILES string of the molecule is CCN(c1ccc(C#N)c(C(F)(F)F)c1)C1CC(CS(=O)(=O)[O-])CCC1(C)C. The second kappa shape index (κ2) is 7.91. The highest BCUT2D eigenvalue weighted by molar-refractivity contribution is 7.85. The number of hydrogen-bond acceptors (Lipinski definition) is 5. The summed E-state index contributed by atoms with van der Waals surface area (Å²) in [6, 6.07) is 4.97. The summed E-state index contributed by atoms with van der Waals surface area (Å²) in [5.74, 6) is -0.784.